The smallest absolute Gasteiger partial charge is 0.253 e. The molecule has 2 aromatic rings. The lowest BCUT2D eigenvalue weighted by atomic mass is 10.1. The molecule has 0 aliphatic carbocycles. The first-order valence-corrected chi connectivity index (χ1v) is 7.31. The quantitative estimate of drug-likeness (QED) is 0.900. The van der Waals surface area contributed by atoms with Gasteiger partial charge >= 0.3 is 0 Å². The van der Waals surface area contributed by atoms with Crippen molar-refractivity contribution in [1.29, 1.82) is 0 Å². The summed E-state index contributed by atoms with van der Waals surface area (Å²) >= 11 is 11.9. The summed E-state index contributed by atoms with van der Waals surface area (Å²) in [5.41, 5.74) is 1.77. The van der Waals surface area contributed by atoms with Gasteiger partial charge in [0.05, 0.1) is 15.6 Å². The van der Waals surface area contributed by atoms with Crippen LogP contribution in [0.15, 0.2) is 42.5 Å². The van der Waals surface area contributed by atoms with Crippen LogP contribution in [-0.2, 0) is 6.54 Å². The summed E-state index contributed by atoms with van der Waals surface area (Å²) < 4.78 is 0. The van der Waals surface area contributed by atoms with Crippen LogP contribution < -0.4 is 10.6 Å². The Hall–Kier alpha value is -2.04. The number of nitrogens with one attached hydrogen (secondary N) is 2. The van der Waals surface area contributed by atoms with E-state index in [1.54, 1.807) is 49.5 Å². The molecule has 4 nitrogen and oxygen atoms in total. The molecule has 2 amide bonds. The monoisotopic (exact) mass is 336 g/mol. The third-order valence-electron chi connectivity index (χ3n) is 3.09. The van der Waals surface area contributed by atoms with E-state index < -0.39 is 0 Å². The summed E-state index contributed by atoms with van der Waals surface area (Å²) in [6, 6.07) is 11.9. The van der Waals surface area contributed by atoms with E-state index in [1.165, 1.54) is 0 Å². The van der Waals surface area contributed by atoms with Gasteiger partial charge in [-0.15, -0.1) is 0 Å². The molecule has 0 bridgehead atoms. The van der Waals surface area contributed by atoms with Gasteiger partial charge < -0.3 is 10.6 Å². The van der Waals surface area contributed by atoms with Gasteiger partial charge in [-0.2, -0.15) is 0 Å². The fourth-order valence-corrected chi connectivity index (χ4v) is 2.26. The van der Waals surface area contributed by atoms with Crippen LogP contribution in [0.1, 0.15) is 26.3 Å². The Balaban J connectivity index is 2.02. The molecule has 22 heavy (non-hydrogen) atoms. The minimum absolute atomic E-state index is 0.152. The Labute approximate surface area is 138 Å². The molecule has 0 saturated carbocycles. The number of hydrogen-bond donors (Lipinski definition) is 2. The van der Waals surface area contributed by atoms with Crippen molar-refractivity contribution < 1.29 is 9.59 Å². The van der Waals surface area contributed by atoms with Gasteiger partial charge in [-0.05, 0) is 29.8 Å². The van der Waals surface area contributed by atoms with E-state index in [4.69, 9.17) is 23.2 Å². The second-order valence-corrected chi connectivity index (χ2v) is 5.35. The van der Waals surface area contributed by atoms with Crippen LogP contribution in [0.25, 0.3) is 0 Å². The number of carbonyl (C=O) groups is 2. The van der Waals surface area contributed by atoms with Gasteiger partial charge in [0.25, 0.3) is 11.8 Å². The minimum Gasteiger partial charge on any atom is -0.355 e. The van der Waals surface area contributed by atoms with Crippen molar-refractivity contribution in [2.24, 2.45) is 0 Å². The topological polar surface area (TPSA) is 58.2 Å². The summed E-state index contributed by atoms with van der Waals surface area (Å²) in [4.78, 5) is 23.5. The Morgan fingerprint density at radius 2 is 1.68 bits per heavy atom. The fraction of sp³-hybridized carbons (Fsp3) is 0.125. The van der Waals surface area contributed by atoms with Gasteiger partial charge in [-0.3, -0.25) is 9.59 Å². The van der Waals surface area contributed by atoms with Crippen LogP contribution in [0, 0.1) is 0 Å². The zero-order valence-corrected chi connectivity index (χ0v) is 13.3. The van der Waals surface area contributed by atoms with E-state index in [1.807, 2.05) is 0 Å². The van der Waals surface area contributed by atoms with E-state index >= 15 is 0 Å². The van der Waals surface area contributed by atoms with Gasteiger partial charge in [-0.1, -0.05) is 41.4 Å². The molecule has 0 unspecified atom stereocenters. The highest BCUT2D eigenvalue weighted by Crippen LogP contribution is 2.25. The second kappa shape index (κ2) is 7.29. The average Bonchev–Trinajstić information content (AvgIpc) is 2.55. The van der Waals surface area contributed by atoms with Crippen molar-refractivity contribution in [2.45, 2.75) is 6.54 Å². The summed E-state index contributed by atoms with van der Waals surface area (Å²) in [6.45, 7) is 0.329. The van der Waals surface area contributed by atoms with Crippen molar-refractivity contribution >= 4 is 35.0 Å². The maximum Gasteiger partial charge on any atom is 0.253 e. The number of hydrogen-bond acceptors (Lipinski definition) is 2. The van der Waals surface area contributed by atoms with E-state index in [-0.39, 0.29) is 16.8 Å². The van der Waals surface area contributed by atoms with Crippen LogP contribution >= 0.6 is 23.2 Å². The van der Waals surface area contributed by atoms with Gasteiger partial charge in [0.2, 0.25) is 0 Å². The van der Waals surface area contributed by atoms with E-state index in [9.17, 15) is 9.59 Å². The Morgan fingerprint density at radius 3 is 2.32 bits per heavy atom. The number of benzene rings is 2. The van der Waals surface area contributed by atoms with E-state index in [0.717, 1.165) is 5.56 Å². The third-order valence-corrected chi connectivity index (χ3v) is 3.91. The maximum atomic E-state index is 12.1. The average molecular weight is 337 g/mol. The number of amides is 2. The van der Waals surface area contributed by atoms with Gasteiger partial charge in [-0.25, -0.2) is 0 Å². The summed E-state index contributed by atoms with van der Waals surface area (Å²) in [7, 11) is 1.57. The molecule has 6 heteroatoms. The molecule has 0 saturated heterocycles. The Bertz CT molecular complexity index is 700. The lowest BCUT2D eigenvalue weighted by Gasteiger charge is -2.08. The van der Waals surface area contributed by atoms with Crippen LogP contribution in [-0.4, -0.2) is 18.9 Å². The first-order valence-electron chi connectivity index (χ1n) is 6.56. The summed E-state index contributed by atoms with van der Waals surface area (Å²) in [6.07, 6.45) is 0. The molecule has 2 aromatic carbocycles. The fourth-order valence-electron chi connectivity index (χ4n) is 1.88. The molecule has 0 spiro atoms. The molecule has 0 aliphatic heterocycles. The lowest BCUT2D eigenvalue weighted by Crippen LogP contribution is -2.23. The van der Waals surface area contributed by atoms with Crippen LogP contribution in [0.2, 0.25) is 10.0 Å². The van der Waals surface area contributed by atoms with Crippen LogP contribution in [0.3, 0.4) is 0 Å². The standard InChI is InChI=1S/C16H14Cl2N2O2/c1-19-15(21)11-7-5-10(6-8-11)9-20-16(22)12-3-2-4-13(17)14(12)18/h2-8H,9H2,1H3,(H,19,21)(H,20,22). The highest BCUT2D eigenvalue weighted by Gasteiger charge is 2.12. The molecule has 0 aliphatic rings. The largest absolute Gasteiger partial charge is 0.355 e. The summed E-state index contributed by atoms with van der Waals surface area (Å²) in [5, 5.41) is 5.88. The Morgan fingerprint density at radius 1 is 1.00 bits per heavy atom. The predicted octanol–water partition coefficient (Wildman–Crippen LogP) is 3.28. The SMILES string of the molecule is CNC(=O)c1ccc(CNC(=O)c2cccc(Cl)c2Cl)cc1. The zero-order valence-electron chi connectivity index (χ0n) is 11.8. The first kappa shape index (κ1) is 16.3. The highest BCUT2D eigenvalue weighted by molar-refractivity contribution is 6.43. The van der Waals surface area contributed by atoms with Crippen molar-refractivity contribution in [3.05, 3.63) is 69.2 Å². The maximum absolute atomic E-state index is 12.1. The van der Waals surface area contributed by atoms with E-state index in [2.05, 4.69) is 10.6 Å². The second-order valence-electron chi connectivity index (χ2n) is 4.56. The molecule has 2 N–H and O–H groups in total. The molecule has 0 aromatic heterocycles. The van der Waals surface area contributed by atoms with Gasteiger partial charge in [0.1, 0.15) is 0 Å². The molecule has 2 rings (SSSR count). The molecular weight excluding hydrogens is 323 g/mol. The van der Waals surface area contributed by atoms with Gasteiger partial charge in [0, 0.05) is 19.2 Å². The Kier molecular flexibility index (Phi) is 5.41. The van der Waals surface area contributed by atoms with Crippen molar-refractivity contribution in [3.63, 3.8) is 0 Å². The number of halogens is 2. The summed E-state index contributed by atoms with van der Waals surface area (Å²) in [5.74, 6) is -0.454. The minimum atomic E-state index is -0.303. The predicted molar refractivity (Wildman–Crippen MR) is 87.5 cm³/mol. The lowest BCUT2D eigenvalue weighted by molar-refractivity contribution is 0.0946. The third kappa shape index (κ3) is 3.78. The number of rotatable bonds is 4. The molecule has 114 valence electrons. The van der Waals surface area contributed by atoms with Crippen LogP contribution in [0.5, 0.6) is 0 Å². The first-order chi connectivity index (χ1) is 10.5. The number of carbonyl (C=O) groups excluding carboxylic acids is 2. The van der Waals surface area contributed by atoms with Crippen LogP contribution in [0.4, 0.5) is 0 Å². The zero-order chi connectivity index (χ0) is 16.1. The molecule has 0 heterocycles. The van der Waals surface area contributed by atoms with E-state index in [0.29, 0.717) is 22.7 Å². The molecule has 0 atom stereocenters. The molecule has 0 fully saturated rings. The van der Waals surface area contributed by atoms with Gasteiger partial charge in [0.15, 0.2) is 0 Å². The van der Waals surface area contributed by atoms with Crippen molar-refractivity contribution in [1.82, 2.24) is 10.6 Å². The van der Waals surface area contributed by atoms with Crippen molar-refractivity contribution in [2.75, 3.05) is 7.05 Å². The molecular formula is C16H14Cl2N2O2. The highest BCUT2D eigenvalue weighted by atomic mass is 35.5. The molecule has 0 radical (unpaired) electrons. The normalized spacial score (nSPS) is 10.1. The van der Waals surface area contributed by atoms with Crippen molar-refractivity contribution in [3.8, 4) is 0 Å².